The molecule has 0 aliphatic heterocycles. The third kappa shape index (κ3) is 4.83. The van der Waals surface area contributed by atoms with Crippen LogP contribution in [0.1, 0.15) is 31.9 Å². The van der Waals surface area contributed by atoms with Gasteiger partial charge in [-0.2, -0.15) is 0 Å². The number of amides is 2. The van der Waals surface area contributed by atoms with E-state index in [9.17, 15) is 14.7 Å². The minimum Gasteiger partial charge on any atom is -0.388 e. The molecule has 2 amide bonds. The molecular formula is C14H19ClN2O3. The van der Waals surface area contributed by atoms with E-state index < -0.39 is 24.0 Å². The largest absolute Gasteiger partial charge is 0.388 e. The second-order valence-electron chi connectivity index (χ2n) is 4.96. The Balaban J connectivity index is 2.61. The predicted octanol–water partition coefficient (Wildman–Crippen LogP) is 1.39. The van der Waals surface area contributed by atoms with Crippen molar-refractivity contribution in [2.75, 3.05) is 0 Å². The smallest absolute Gasteiger partial charge is 0.240 e. The van der Waals surface area contributed by atoms with Crippen molar-refractivity contribution in [3.8, 4) is 0 Å². The molecule has 0 bridgehead atoms. The van der Waals surface area contributed by atoms with Gasteiger partial charge in [-0.1, -0.05) is 37.6 Å². The number of benzene rings is 1. The van der Waals surface area contributed by atoms with Gasteiger partial charge in [0.15, 0.2) is 0 Å². The Kier molecular flexibility index (Phi) is 5.98. The van der Waals surface area contributed by atoms with Crippen LogP contribution in [-0.4, -0.2) is 23.0 Å². The van der Waals surface area contributed by atoms with Gasteiger partial charge in [0.05, 0.1) is 12.5 Å². The van der Waals surface area contributed by atoms with Crippen molar-refractivity contribution < 1.29 is 14.7 Å². The first-order valence-corrected chi connectivity index (χ1v) is 6.71. The SMILES string of the molecule is CC(C)C(NC(=O)CC(O)c1ccc(Cl)cc1)C(N)=O. The zero-order valence-corrected chi connectivity index (χ0v) is 12.2. The van der Waals surface area contributed by atoms with Crippen LogP contribution < -0.4 is 11.1 Å². The molecule has 0 aliphatic rings. The Hall–Kier alpha value is -1.59. The molecule has 20 heavy (non-hydrogen) atoms. The molecule has 2 atom stereocenters. The monoisotopic (exact) mass is 298 g/mol. The number of nitrogens with two attached hydrogens (primary N) is 1. The second kappa shape index (κ2) is 7.26. The number of carbonyl (C=O) groups excluding carboxylic acids is 2. The van der Waals surface area contributed by atoms with Gasteiger partial charge in [0.25, 0.3) is 0 Å². The molecule has 0 saturated carbocycles. The Morgan fingerprint density at radius 1 is 1.30 bits per heavy atom. The highest BCUT2D eigenvalue weighted by Crippen LogP contribution is 2.19. The van der Waals surface area contributed by atoms with E-state index in [1.165, 1.54) is 0 Å². The molecule has 1 aromatic rings. The first-order valence-electron chi connectivity index (χ1n) is 6.33. The summed E-state index contributed by atoms with van der Waals surface area (Å²) in [6.45, 7) is 3.57. The van der Waals surface area contributed by atoms with Gasteiger partial charge in [-0.15, -0.1) is 0 Å². The fraction of sp³-hybridized carbons (Fsp3) is 0.429. The lowest BCUT2D eigenvalue weighted by molar-refractivity contribution is -0.129. The first-order chi connectivity index (χ1) is 9.31. The summed E-state index contributed by atoms with van der Waals surface area (Å²) in [6, 6.07) is 5.83. The number of carbonyl (C=O) groups is 2. The van der Waals surface area contributed by atoms with Crippen molar-refractivity contribution in [1.82, 2.24) is 5.32 Å². The summed E-state index contributed by atoms with van der Waals surface area (Å²) < 4.78 is 0. The zero-order chi connectivity index (χ0) is 15.3. The van der Waals surface area contributed by atoms with Crippen LogP contribution >= 0.6 is 11.6 Å². The van der Waals surface area contributed by atoms with Gasteiger partial charge in [-0.25, -0.2) is 0 Å². The van der Waals surface area contributed by atoms with E-state index >= 15 is 0 Å². The molecule has 0 aliphatic carbocycles. The summed E-state index contributed by atoms with van der Waals surface area (Å²) >= 11 is 5.75. The highest BCUT2D eigenvalue weighted by Gasteiger charge is 2.23. The van der Waals surface area contributed by atoms with Crippen molar-refractivity contribution in [2.24, 2.45) is 11.7 Å². The van der Waals surface area contributed by atoms with Gasteiger partial charge in [0.1, 0.15) is 6.04 Å². The van der Waals surface area contributed by atoms with E-state index in [0.29, 0.717) is 10.6 Å². The minimum atomic E-state index is -0.951. The normalized spacial score (nSPS) is 13.8. The molecule has 1 aromatic carbocycles. The molecule has 0 saturated heterocycles. The quantitative estimate of drug-likeness (QED) is 0.741. The maximum absolute atomic E-state index is 11.8. The van der Waals surface area contributed by atoms with Crippen LogP contribution in [0.4, 0.5) is 0 Å². The van der Waals surface area contributed by atoms with Gasteiger partial charge >= 0.3 is 0 Å². The van der Waals surface area contributed by atoms with Crippen molar-refractivity contribution in [2.45, 2.75) is 32.4 Å². The van der Waals surface area contributed by atoms with Crippen LogP contribution in [0.3, 0.4) is 0 Å². The van der Waals surface area contributed by atoms with E-state index in [4.69, 9.17) is 17.3 Å². The van der Waals surface area contributed by atoms with Crippen molar-refractivity contribution in [3.63, 3.8) is 0 Å². The lowest BCUT2D eigenvalue weighted by atomic mass is 10.0. The van der Waals surface area contributed by atoms with E-state index in [2.05, 4.69) is 5.32 Å². The van der Waals surface area contributed by atoms with Crippen LogP contribution in [0, 0.1) is 5.92 Å². The fourth-order valence-corrected chi connectivity index (χ4v) is 1.90. The Labute approximate surface area is 123 Å². The topological polar surface area (TPSA) is 92.4 Å². The Morgan fingerprint density at radius 2 is 1.85 bits per heavy atom. The molecule has 0 spiro atoms. The van der Waals surface area contributed by atoms with E-state index in [1.54, 1.807) is 38.1 Å². The predicted molar refractivity (Wildman–Crippen MR) is 77.0 cm³/mol. The molecule has 110 valence electrons. The Morgan fingerprint density at radius 3 is 2.30 bits per heavy atom. The number of aliphatic hydroxyl groups excluding tert-OH is 1. The summed E-state index contributed by atoms with van der Waals surface area (Å²) in [6.07, 6.45) is -1.09. The van der Waals surface area contributed by atoms with Crippen LogP contribution in [0.15, 0.2) is 24.3 Å². The fourth-order valence-electron chi connectivity index (χ4n) is 1.78. The number of rotatable bonds is 6. The summed E-state index contributed by atoms with van der Waals surface area (Å²) in [4.78, 5) is 23.0. The Bertz CT molecular complexity index is 474. The summed E-state index contributed by atoms with van der Waals surface area (Å²) in [5, 5.41) is 13.0. The van der Waals surface area contributed by atoms with E-state index in [1.807, 2.05) is 0 Å². The maximum Gasteiger partial charge on any atom is 0.240 e. The molecule has 5 nitrogen and oxygen atoms in total. The lowest BCUT2D eigenvalue weighted by Gasteiger charge is -2.20. The third-order valence-electron chi connectivity index (χ3n) is 2.92. The second-order valence-corrected chi connectivity index (χ2v) is 5.40. The highest BCUT2D eigenvalue weighted by molar-refractivity contribution is 6.30. The van der Waals surface area contributed by atoms with E-state index in [0.717, 1.165) is 0 Å². The highest BCUT2D eigenvalue weighted by atomic mass is 35.5. The van der Waals surface area contributed by atoms with Crippen LogP contribution in [-0.2, 0) is 9.59 Å². The molecule has 1 rings (SSSR count). The maximum atomic E-state index is 11.8. The summed E-state index contributed by atoms with van der Waals surface area (Å²) in [5.74, 6) is -1.12. The molecule has 0 aromatic heterocycles. The molecule has 0 heterocycles. The average molecular weight is 299 g/mol. The molecule has 0 fully saturated rings. The van der Waals surface area contributed by atoms with Crippen molar-refractivity contribution in [3.05, 3.63) is 34.9 Å². The summed E-state index contributed by atoms with van der Waals surface area (Å²) in [7, 11) is 0. The molecule has 6 heteroatoms. The van der Waals surface area contributed by atoms with Crippen LogP contribution in [0.25, 0.3) is 0 Å². The number of hydrogen-bond donors (Lipinski definition) is 3. The molecular weight excluding hydrogens is 280 g/mol. The lowest BCUT2D eigenvalue weighted by Crippen LogP contribution is -2.47. The van der Waals surface area contributed by atoms with Crippen LogP contribution in [0.2, 0.25) is 5.02 Å². The van der Waals surface area contributed by atoms with Gasteiger partial charge in [-0.05, 0) is 23.6 Å². The zero-order valence-electron chi connectivity index (χ0n) is 11.5. The molecule has 2 unspecified atom stereocenters. The van der Waals surface area contributed by atoms with Gasteiger partial charge in [-0.3, -0.25) is 9.59 Å². The molecule has 0 radical (unpaired) electrons. The average Bonchev–Trinajstić information content (AvgIpc) is 2.35. The van der Waals surface area contributed by atoms with Crippen LogP contribution in [0.5, 0.6) is 0 Å². The summed E-state index contributed by atoms with van der Waals surface area (Å²) in [5.41, 5.74) is 5.80. The van der Waals surface area contributed by atoms with Gasteiger partial charge in [0, 0.05) is 5.02 Å². The van der Waals surface area contributed by atoms with Gasteiger partial charge in [0.2, 0.25) is 11.8 Å². The van der Waals surface area contributed by atoms with E-state index in [-0.39, 0.29) is 12.3 Å². The number of primary amides is 1. The van der Waals surface area contributed by atoms with Crippen molar-refractivity contribution >= 4 is 23.4 Å². The van der Waals surface area contributed by atoms with Gasteiger partial charge < -0.3 is 16.2 Å². The number of aliphatic hydroxyl groups is 1. The number of halogens is 1. The third-order valence-corrected chi connectivity index (χ3v) is 3.18. The first kappa shape index (κ1) is 16.5. The minimum absolute atomic E-state index is 0.107. The molecule has 4 N–H and O–H groups in total. The van der Waals surface area contributed by atoms with Crippen molar-refractivity contribution in [1.29, 1.82) is 0 Å². The number of hydrogen-bond acceptors (Lipinski definition) is 3. The standard InChI is InChI=1S/C14H19ClN2O3/c1-8(2)13(14(16)20)17-12(19)7-11(18)9-3-5-10(15)6-4-9/h3-6,8,11,13,18H,7H2,1-2H3,(H2,16,20)(H,17,19). The number of nitrogens with one attached hydrogen (secondary N) is 1.